The fraction of sp³-hybridized carbons (Fsp3) is 0.533. The number of hydrogen-bond donors (Lipinski definition) is 0. The van der Waals surface area contributed by atoms with Gasteiger partial charge in [0.15, 0.2) is 6.29 Å². The van der Waals surface area contributed by atoms with E-state index in [9.17, 15) is 26.3 Å². The lowest BCUT2D eigenvalue weighted by molar-refractivity contribution is -0.214. The van der Waals surface area contributed by atoms with E-state index in [1.807, 2.05) is 0 Å². The van der Waals surface area contributed by atoms with E-state index in [1.165, 1.54) is 69.4 Å². The van der Waals surface area contributed by atoms with Gasteiger partial charge in [-0.15, -0.1) is 0 Å². The van der Waals surface area contributed by atoms with Gasteiger partial charge in [0.2, 0.25) is 0 Å². The molecule has 0 amide bonds. The van der Waals surface area contributed by atoms with Gasteiger partial charge in [0.1, 0.15) is 17.5 Å². The fourth-order valence-electron chi connectivity index (χ4n) is 5.51. The van der Waals surface area contributed by atoms with Crippen LogP contribution in [0.4, 0.5) is 26.3 Å². The molecular formula is C30H32F6O2. The first-order valence-electron chi connectivity index (χ1n) is 13.3. The van der Waals surface area contributed by atoms with Gasteiger partial charge in [-0.3, -0.25) is 0 Å². The van der Waals surface area contributed by atoms with Gasteiger partial charge in [-0.2, -0.15) is 13.2 Å². The van der Waals surface area contributed by atoms with Crippen LogP contribution in [0.5, 0.6) is 0 Å². The molecule has 2 aromatic rings. The largest absolute Gasteiger partial charge is 0.458 e. The smallest absolute Gasteiger partial charge is 0.348 e. The summed E-state index contributed by atoms with van der Waals surface area (Å²) in [7, 11) is 0. The summed E-state index contributed by atoms with van der Waals surface area (Å²) in [5, 5.41) is 0. The molecule has 0 bridgehead atoms. The molecule has 0 radical (unpaired) electrons. The third kappa shape index (κ3) is 7.33. The lowest BCUT2D eigenvalue weighted by Crippen LogP contribution is -2.34. The first-order chi connectivity index (χ1) is 18.1. The molecular weight excluding hydrogens is 506 g/mol. The summed E-state index contributed by atoms with van der Waals surface area (Å²) in [6.07, 6.45) is 4.38. The van der Waals surface area contributed by atoms with Crippen molar-refractivity contribution in [1.82, 2.24) is 0 Å². The Bertz CT molecular complexity index is 1130. The molecule has 0 unspecified atom stereocenters. The molecule has 8 heteroatoms. The third-order valence-corrected chi connectivity index (χ3v) is 7.65. The molecule has 0 N–H and O–H groups in total. The number of benzene rings is 2. The average molecular weight is 539 g/mol. The van der Waals surface area contributed by atoms with Crippen LogP contribution in [0.1, 0.15) is 75.7 Å². The van der Waals surface area contributed by atoms with E-state index in [0.29, 0.717) is 30.6 Å². The van der Waals surface area contributed by atoms with Gasteiger partial charge in [0.05, 0.1) is 18.8 Å². The standard InChI is InChI=1S/C30H32F6O2/c1-2-3-4-5-19-6-8-20(9-7-19)23-17-37-29(38-18-23)21-10-11-24(26(31)14-21)22-15-27(32)25(28(33)16-22)12-13-30(34,35)36/h10-11,14-16,19-20,23,29H,2-9,17-18H2,1H3. The Morgan fingerprint density at radius 2 is 1.50 bits per heavy atom. The van der Waals surface area contributed by atoms with Gasteiger partial charge >= 0.3 is 6.18 Å². The van der Waals surface area contributed by atoms with E-state index in [2.05, 4.69) is 6.92 Å². The van der Waals surface area contributed by atoms with Crippen molar-refractivity contribution >= 4 is 0 Å². The predicted octanol–water partition coefficient (Wildman–Crippen LogP) is 8.73. The van der Waals surface area contributed by atoms with E-state index in [4.69, 9.17) is 9.47 Å². The van der Waals surface area contributed by atoms with Crippen LogP contribution in [0, 0.1) is 47.0 Å². The molecule has 2 fully saturated rings. The number of halogens is 6. The van der Waals surface area contributed by atoms with Gasteiger partial charge in [0.25, 0.3) is 0 Å². The van der Waals surface area contributed by atoms with Crippen LogP contribution in [0.2, 0.25) is 0 Å². The minimum Gasteiger partial charge on any atom is -0.348 e. The van der Waals surface area contributed by atoms with Crippen molar-refractivity contribution in [2.24, 2.45) is 17.8 Å². The van der Waals surface area contributed by atoms with E-state index in [0.717, 1.165) is 24.0 Å². The topological polar surface area (TPSA) is 18.5 Å². The molecule has 0 spiro atoms. The second-order valence-corrected chi connectivity index (χ2v) is 10.3. The van der Waals surface area contributed by atoms with Gasteiger partial charge in [-0.25, -0.2) is 13.2 Å². The minimum absolute atomic E-state index is 0.105. The predicted molar refractivity (Wildman–Crippen MR) is 132 cm³/mol. The Morgan fingerprint density at radius 1 is 0.842 bits per heavy atom. The molecule has 1 heterocycles. The Balaban J connectivity index is 1.36. The van der Waals surface area contributed by atoms with Gasteiger partial charge in [-0.1, -0.05) is 63.5 Å². The van der Waals surface area contributed by atoms with Crippen LogP contribution in [-0.4, -0.2) is 19.4 Å². The molecule has 4 rings (SSSR count). The SMILES string of the molecule is CCCCCC1CCC(C2COC(c3ccc(-c4cc(F)c(C#CC(F)(F)F)c(F)c4)c(F)c3)OC2)CC1. The monoisotopic (exact) mass is 538 g/mol. The van der Waals surface area contributed by atoms with Crippen LogP contribution in [0.3, 0.4) is 0 Å². The number of alkyl halides is 3. The van der Waals surface area contributed by atoms with Crippen LogP contribution in [0.25, 0.3) is 11.1 Å². The van der Waals surface area contributed by atoms with Crippen molar-refractivity contribution < 1.29 is 35.8 Å². The summed E-state index contributed by atoms with van der Waals surface area (Å²) in [6, 6.07) is 5.61. The lowest BCUT2D eigenvalue weighted by atomic mass is 9.74. The van der Waals surface area contributed by atoms with Crippen molar-refractivity contribution in [1.29, 1.82) is 0 Å². The fourth-order valence-corrected chi connectivity index (χ4v) is 5.51. The molecule has 1 saturated carbocycles. The molecule has 0 aromatic heterocycles. The lowest BCUT2D eigenvalue weighted by Gasteiger charge is -2.38. The van der Waals surface area contributed by atoms with E-state index < -0.39 is 35.5 Å². The molecule has 1 saturated heterocycles. The Kier molecular flexibility index (Phi) is 9.43. The van der Waals surface area contributed by atoms with Crippen molar-refractivity contribution in [3.8, 4) is 23.0 Å². The van der Waals surface area contributed by atoms with Crippen molar-refractivity contribution in [2.45, 2.75) is 70.8 Å². The zero-order chi connectivity index (χ0) is 27.3. The highest BCUT2D eigenvalue weighted by Gasteiger charge is 2.32. The first-order valence-corrected chi connectivity index (χ1v) is 13.3. The number of hydrogen-bond acceptors (Lipinski definition) is 2. The quantitative estimate of drug-likeness (QED) is 0.199. The Hall–Kier alpha value is -2.50. The molecule has 1 aliphatic heterocycles. The number of rotatable bonds is 7. The normalized spacial score (nSPS) is 24.1. The van der Waals surface area contributed by atoms with E-state index in [1.54, 1.807) is 6.07 Å². The maximum Gasteiger partial charge on any atom is 0.458 e. The summed E-state index contributed by atoms with van der Waals surface area (Å²) in [5.41, 5.74) is -0.840. The molecule has 2 aromatic carbocycles. The van der Waals surface area contributed by atoms with Crippen LogP contribution in [0.15, 0.2) is 30.3 Å². The third-order valence-electron chi connectivity index (χ3n) is 7.65. The van der Waals surface area contributed by atoms with Gasteiger partial charge in [-0.05, 0) is 48.4 Å². The highest BCUT2D eigenvalue weighted by molar-refractivity contribution is 5.66. The molecule has 0 atom stereocenters. The molecule has 2 nitrogen and oxygen atoms in total. The second-order valence-electron chi connectivity index (χ2n) is 10.3. The summed E-state index contributed by atoms with van der Waals surface area (Å²) >= 11 is 0. The highest BCUT2D eigenvalue weighted by Crippen LogP contribution is 2.39. The second kappa shape index (κ2) is 12.6. The van der Waals surface area contributed by atoms with Crippen molar-refractivity contribution in [3.63, 3.8) is 0 Å². The summed E-state index contributed by atoms with van der Waals surface area (Å²) in [4.78, 5) is 0. The molecule has 206 valence electrons. The summed E-state index contributed by atoms with van der Waals surface area (Å²) in [5.74, 6) is 0.609. The Morgan fingerprint density at radius 3 is 2.08 bits per heavy atom. The highest BCUT2D eigenvalue weighted by atomic mass is 19.4. The first kappa shape index (κ1) is 28.5. The zero-order valence-electron chi connectivity index (χ0n) is 21.4. The van der Waals surface area contributed by atoms with E-state index >= 15 is 0 Å². The maximum absolute atomic E-state index is 14.9. The minimum atomic E-state index is -4.89. The maximum atomic E-state index is 14.9. The van der Waals surface area contributed by atoms with Gasteiger partial charge in [0, 0.05) is 23.0 Å². The van der Waals surface area contributed by atoms with Gasteiger partial charge < -0.3 is 9.47 Å². The van der Waals surface area contributed by atoms with Crippen LogP contribution < -0.4 is 0 Å². The number of unbranched alkanes of at least 4 members (excludes halogenated alkanes) is 2. The summed E-state index contributed by atoms with van der Waals surface area (Å²) < 4.78 is 92.2. The van der Waals surface area contributed by atoms with E-state index in [-0.39, 0.29) is 11.1 Å². The van der Waals surface area contributed by atoms with Crippen molar-refractivity contribution in [2.75, 3.05) is 13.2 Å². The Labute approximate surface area is 219 Å². The van der Waals surface area contributed by atoms with Crippen molar-refractivity contribution in [3.05, 3.63) is 58.9 Å². The molecule has 38 heavy (non-hydrogen) atoms. The molecule has 2 aliphatic rings. The molecule has 1 aliphatic carbocycles. The van der Waals surface area contributed by atoms with Crippen LogP contribution >= 0.6 is 0 Å². The van der Waals surface area contributed by atoms with Crippen LogP contribution in [-0.2, 0) is 9.47 Å². The summed E-state index contributed by atoms with van der Waals surface area (Å²) in [6.45, 7) is 3.27. The zero-order valence-corrected chi connectivity index (χ0v) is 21.4. The number of ether oxygens (including phenoxy) is 2. The average Bonchev–Trinajstić information content (AvgIpc) is 2.88.